The maximum atomic E-state index is 12.5. The van der Waals surface area contributed by atoms with Crippen LogP contribution in [0.25, 0.3) is 22.3 Å². The van der Waals surface area contributed by atoms with Crippen LogP contribution in [0.15, 0.2) is 77.3 Å². The van der Waals surface area contributed by atoms with E-state index in [-0.39, 0.29) is 24.8 Å². The van der Waals surface area contributed by atoms with Gasteiger partial charge < -0.3 is 5.11 Å². The van der Waals surface area contributed by atoms with Gasteiger partial charge in [0.1, 0.15) is 0 Å². The van der Waals surface area contributed by atoms with Crippen LogP contribution in [0, 0.1) is 0 Å². The Bertz CT molecular complexity index is 1580. The summed E-state index contributed by atoms with van der Waals surface area (Å²) in [5.41, 5.74) is 8.50. The van der Waals surface area contributed by atoms with E-state index in [1.165, 1.54) is 3.58 Å². The van der Waals surface area contributed by atoms with Crippen molar-refractivity contribution < 1.29 is 19.8 Å². The molecule has 0 bridgehead atoms. The third-order valence-corrected chi connectivity index (χ3v) is 13.3. The van der Waals surface area contributed by atoms with Crippen molar-refractivity contribution >= 4 is 49.5 Å². The van der Waals surface area contributed by atoms with E-state index >= 15 is 0 Å². The number of rotatable bonds is 3. The molecule has 2 aliphatic carbocycles. The predicted octanol–water partition coefficient (Wildman–Crippen LogP) is 6.09. The molecule has 0 radical (unpaired) electrons. The number of hydrogen-bond acceptors (Lipinski definition) is 4. The summed E-state index contributed by atoms with van der Waals surface area (Å²) < 4.78 is 2.40. The monoisotopic (exact) mass is 662 g/mol. The van der Waals surface area contributed by atoms with Crippen molar-refractivity contribution in [2.75, 3.05) is 0 Å². The van der Waals surface area contributed by atoms with E-state index in [9.17, 15) is 14.7 Å². The molecular weight excluding hydrogens is 635 g/mol. The molecular formula is C31H27BrO4Sn. The predicted molar refractivity (Wildman–Crippen MR) is 153 cm³/mol. The normalized spacial score (nSPS) is 12.9. The molecule has 0 heterocycles. The van der Waals surface area contributed by atoms with Crippen LogP contribution < -0.4 is 3.58 Å². The second kappa shape index (κ2) is 9.95. The average Bonchev–Trinajstić information content (AvgIpc) is 3.33. The van der Waals surface area contributed by atoms with E-state index in [1.54, 1.807) is 6.07 Å². The number of aliphatic hydroxyl groups is 2. The number of aliphatic hydroxyl groups excluding tert-OH is 2. The Balaban J connectivity index is 0.000000153. The third kappa shape index (κ3) is 4.74. The van der Waals surface area contributed by atoms with Gasteiger partial charge >= 0.3 is 123 Å². The Kier molecular flexibility index (Phi) is 7.00. The van der Waals surface area contributed by atoms with Gasteiger partial charge in [0.25, 0.3) is 0 Å². The van der Waals surface area contributed by atoms with Gasteiger partial charge in [-0.2, -0.15) is 0 Å². The molecule has 0 amide bonds. The number of carbonyl (C=O) groups excluding carboxylic acids is 2. The Morgan fingerprint density at radius 3 is 1.51 bits per heavy atom. The van der Waals surface area contributed by atoms with Gasteiger partial charge in [0.15, 0.2) is 5.78 Å². The van der Waals surface area contributed by atoms with Crippen LogP contribution in [0.4, 0.5) is 0 Å². The van der Waals surface area contributed by atoms with Gasteiger partial charge in [0.05, 0.1) is 6.61 Å². The molecule has 0 atom stereocenters. The number of fused-ring (bicyclic) bond motifs is 6. The fourth-order valence-electron chi connectivity index (χ4n) is 4.88. The summed E-state index contributed by atoms with van der Waals surface area (Å²) in [6, 6.07) is 23.2. The number of hydrogen-bond donors (Lipinski definition) is 2. The molecule has 2 aliphatic rings. The average molecular weight is 662 g/mol. The molecule has 6 heteroatoms. The topological polar surface area (TPSA) is 74.6 Å². The number of benzene rings is 4. The molecule has 0 unspecified atom stereocenters. The Morgan fingerprint density at radius 1 is 0.568 bits per heavy atom. The molecule has 4 aromatic carbocycles. The van der Waals surface area contributed by atoms with Gasteiger partial charge in [-0.3, -0.25) is 4.79 Å². The van der Waals surface area contributed by atoms with E-state index in [2.05, 4.69) is 42.9 Å². The fraction of sp³-hybridized carbons (Fsp3) is 0.161. The van der Waals surface area contributed by atoms with Crippen LogP contribution in [-0.2, 0) is 13.2 Å². The van der Waals surface area contributed by atoms with Crippen LogP contribution in [0.1, 0.15) is 43.0 Å². The Hall–Kier alpha value is -2.58. The zero-order chi connectivity index (χ0) is 26.5. The number of ketones is 2. The van der Waals surface area contributed by atoms with Crippen LogP contribution in [0.3, 0.4) is 0 Å². The maximum absolute atomic E-state index is 12.5. The van der Waals surface area contributed by atoms with Crippen LogP contribution in [-0.4, -0.2) is 40.2 Å². The molecule has 0 aromatic heterocycles. The van der Waals surface area contributed by atoms with Crippen molar-refractivity contribution in [1.82, 2.24) is 0 Å². The summed E-state index contributed by atoms with van der Waals surface area (Å²) in [4.78, 5) is 31.8. The van der Waals surface area contributed by atoms with Crippen LogP contribution in [0.2, 0.25) is 14.8 Å². The van der Waals surface area contributed by atoms with Gasteiger partial charge in [-0.15, -0.1) is 0 Å². The summed E-state index contributed by atoms with van der Waals surface area (Å²) in [6.07, 6.45) is 0. The minimum atomic E-state index is -2.13. The van der Waals surface area contributed by atoms with Crippen molar-refractivity contribution in [1.29, 1.82) is 0 Å². The summed E-state index contributed by atoms with van der Waals surface area (Å²) in [5.74, 6) is 0.124. The van der Waals surface area contributed by atoms with E-state index in [0.717, 1.165) is 54.5 Å². The van der Waals surface area contributed by atoms with Gasteiger partial charge in [0, 0.05) is 15.6 Å². The van der Waals surface area contributed by atoms with Gasteiger partial charge in [-0.05, 0) is 41.0 Å². The molecule has 37 heavy (non-hydrogen) atoms. The fourth-order valence-corrected chi connectivity index (χ4v) is 8.56. The van der Waals surface area contributed by atoms with Crippen molar-refractivity contribution in [3.63, 3.8) is 0 Å². The first-order valence-electron chi connectivity index (χ1n) is 12.1. The first kappa shape index (κ1) is 26.0. The molecule has 0 fully saturated rings. The first-order chi connectivity index (χ1) is 17.6. The van der Waals surface area contributed by atoms with E-state index in [0.29, 0.717) is 5.56 Å². The zero-order valence-electron chi connectivity index (χ0n) is 20.9. The van der Waals surface area contributed by atoms with Crippen molar-refractivity contribution in [3.8, 4) is 22.3 Å². The summed E-state index contributed by atoms with van der Waals surface area (Å²) >= 11 is 1.28. The van der Waals surface area contributed by atoms with E-state index in [1.807, 2.05) is 54.6 Å². The number of halogens is 1. The van der Waals surface area contributed by atoms with Crippen LogP contribution in [0.5, 0.6) is 0 Å². The van der Waals surface area contributed by atoms with Crippen molar-refractivity contribution in [3.05, 3.63) is 111 Å². The second-order valence-electron chi connectivity index (χ2n) is 10.4. The molecule has 4 nitrogen and oxygen atoms in total. The summed E-state index contributed by atoms with van der Waals surface area (Å²) in [6.45, 7) is -0.0683. The quantitative estimate of drug-likeness (QED) is 0.225. The van der Waals surface area contributed by atoms with Crippen molar-refractivity contribution in [2.24, 2.45) is 0 Å². The molecule has 0 spiro atoms. The van der Waals surface area contributed by atoms with E-state index in [4.69, 9.17) is 5.11 Å². The van der Waals surface area contributed by atoms with Gasteiger partial charge in [-0.25, -0.2) is 0 Å². The summed E-state index contributed by atoms with van der Waals surface area (Å²) in [7, 11) is 0. The second-order valence-corrected chi connectivity index (χ2v) is 25.8. The molecule has 0 saturated carbocycles. The molecule has 4 aromatic rings. The molecule has 186 valence electrons. The molecule has 0 aliphatic heterocycles. The minimum absolute atomic E-state index is 0.0272. The number of carbonyl (C=O) groups is 2. The molecule has 6 rings (SSSR count). The first-order valence-corrected chi connectivity index (χ1v) is 22.9. The SMILES string of the molecule is O=C1c2cc(CO)ccc2-c2cc(Br)ccc21.[CH3][Sn]([CH3])([CH3])[c]1ccc2c(c1)-c1ccc(CO)cc1C2=O. The van der Waals surface area contributed by atoms with Crippen molar-refractivity contribution in [2.45, 2.75) is 28.0 Å². The molecule has 2 N–H and O–H groups in total. The Labute approximate surface area is 229 Å². The third-order valence-electron chi connectivity index (χ3n) is 6.96. The van der Waals surface area contributed by atoms with Crippen LogP contribution >= 0.6 is 15.9 Å². The molecule has 0 saturated heterocycles. The Morgan fingerprint density at radius 2 is 1.03 bits per heavy atom. The zero-order valence-corrected chi connectivity index (χ0v) is 25.4. The van der Waals surface area contributed by atoms with Gasteiger partial charge in [0.2, 0.25) is 0 Å². The van der Waals surface area contributed by atoms with Gasteiger partial charge in [-0.1, -0.05) is 28.1 Å². The van der Waals surface area contributed by atoms with E-state index < -0.39 is 18.4 Å². The standard InChI is InChI=1S/C14H9BrO2.C14H9O2.3CH3.Sn/c15-9-2-4-11-12(6-9)10-3-1-8(7-16)5-13(10)14(11)17;15-8-9-5-6-11-10-3-1-2-4-12(10)14(16)13(11)7-9;;;;/h1-6,16H,7H2;2-7,15H,8H2;3*1H3;. The summed E-state index contributed by atoms with van der Waals surface area (Å²) in [5, 5.41) is 18.3.